The summed E-state index contributed by atoms with van der Waals surface area (Å²) in [5, 5.41) is 9.27. The molecular formula is C19H26N4O. The maximum absolute atomic E-state index is 12.0. The number of amides is 1. The van der Waals surface area contributed by atoms with Crippen LogP contribution in [-0.4, -0.2) is 41.5 Å². The Labute approximate surface area is 144 Å². The largest absolute Gasteiger partial charge is 0.356 e. The number of aromatic nitrogens is 1. The van der Waals surface area contributed by atoms with E-state index < -0.39 is 0 Å². The van der Waals surface area contributed by atoms with Crippen molar-refractivity contribution in [3.63, 3.8) is 0 Å². The molecule has 0 unspecified atom stereocenters. The van der Waals surface area contributed by atoms with Gasteiger partial charge in [0.15, 0.2) is 0 Å². The predicted molar refractivity (Wildman–Crippen MR) is 93.5 cm³/mol. The summed E-state index contributed by atoms with van der Waals surface area (Å²) < 4.78 is 0. The number of hydrogen-bond donors (Lipinski definition) is 0. The van der Waals surface area contributed by atoms with Gasteiger partial charge in [0, 0.05) is 38.8 Å². The van der Waals surface area contributed by atoms with Crippen molar-refractivity contribution in [3.8, 4) is 6.07 Å². The second kappa shape index (κ2) is 7.65. The van der Waals surface area contributed by atoms with E-state index in [0.717, 1.165) is 51.1 Å². The number of carbonyl (C=O) groups is 1. The Morgan fingerprint density at radius 1 is 1.21 bits per heavy atom. The lowest BCUT2D eigenvalue weighted by Crippen LogP contribution is -2.47. The van der Waals surface area contributed by atoms with Crippen molar-refractivity contribution >= 4 is 11.7 Å². The van der Waals surface area contributed by atoms with Crippen molar-refractivity contribution < 1.29 is 4.79 Å². The summed E-state index contributed by atoms with van der Waals surface area (Å²) in [4.78, 5) is 20.8. The Morgan fingerprint density at radius 3 is 2.71 bits per heavy atom. The maximum atomic E-state index is 12.0. The summed E-state index contributed by atoms with van der Waals surface area (Å²) in [5.74, 6) is 1.60. The van der Waals surface area contributed by atoms with Gasteiger partial charge in [-0.2, -0.15) is 5.26 Å². The van der Waals surface area contributed by atoms with E-state index in [-0.39, 0.29) is 5.91 Å². The number of carbonyl (C=O) groups excluding carboxylic acids is 1. The van der Waals surface area contributed by atoms with Crippen LogP contribution in [0.3, 0.4) is 0 Å². The molecule has 2 saturated heterocycles. The van der Waals surface area contributed by atoms with E-state index in [4.69, 9.17) is 0 Å². The minimum atomic E-state index is 0.223. The SMILES string of the molecule is CC(=O)N1CCCCC[C@@H]1C1CCN(c2ncccc2C#N)CC1. The molecule has 0 radical (unpaired) electrons. The van der Waals surface area contributed by atoms with Crippen LogP contribution >= 0.6 is 0 Å². The third-order valence-electron chi connectivity index (χ3n) is 5.49. The first-order valence-corrected chi connectivity index (χ1v) is 9.08. The first-order chi connectivity index (χ1) is 11.7. The zero-order chi connectivity index (χ0) is 16.9. The Kier molecular flexibility index (Phi) is 5.34. The van der Waals surface area contributed by atoms with Crippen LogP contribution in [-0.2, 0) is 4.79 Å². The molecule has 0 bridgehead atoms. The molecule has 0 N–H and O–H groups in total. The van der Waals surface area contributed by atoms with Crippen LogP contribution in [0.15, 0.2) is 18.3 Å². The molecule has 128 valence electrons. The fraction of sp³-hybridized carbons (Fsp3) is 0.632. The van der Waals surface area contributed by atoms with E-state index in [0.29, 0.717) is 17.5 Å². The van der Waals surface area contributed by atoms with Crippen LogP contribution in [0, 0.1) is 17.2 Å². The highest BCUT2D eigenvalue weighted by Crippen LogP contribution is 2.32. The van der Waals surface area contributed by atoms with E-state index in [1.54, 1.807) is 13.1 Å². The van der Waals surface area contributed by atoms with E-state index in [9.17, 15) is 10.1 Å². The van der Waals surface area contributed by atoms with Crippen molar-refractivity contribution in [2.75, 3.05) is 24.5 Å². The van der Waals surface area contributed by atoms with Crippen molar-refractivity contribution in [1.29, 1.82) is 5.26 Å². The lowest BCUT2D eigenvalue weighted by Gasteiger charge is -2.40. The second-order valence-electron chi connectivity index (χ2n) is 6.94. The second-order valence-corrected chi connectivity index (χ2v) is 6.94. The van der Waals surface area contributed by atoms with Crippen LogP contribution in [0.1, 0.15) is 51.0 Å². The zero-order valence-corrected chi connectivity index (χ0v) is 14.4. The molecule has 24 heavy (non-hydrogen) atoms. The van der Waals surface area contributed by atoms with Crippen molar-refractivity contribution in [3.05, 3.63) is 23.9 Å². The van der Waals surface area contributed by atoms with Gasteiger partial charge in [-0.1, -0.05) is 12.8 Å². The number of rotatable bonds is 2. The standard InChI is InChI=1S/C19H26N4O/c1-15(24)23-11-4-2-3-7-18(23)16-8-12-22(13-9-16)19-17(14-20)6-5-10-21-19/h5-6,10,16,18H,2-4,7-9,11-13H2,1H3/t18-/m1/s1. The van der Waals surface area contributed by atoms with Crippen molar-refractivity contribution in [2.45, 2.75) is 51.5 Å². The smallest absolute Gasteiger partial charge is 0.219 e. The van der Waals surface area contributed by atoms with Crippen molar-refractivity contribution in [1.82, 2.24) is 9.88 Å². The van der Waals surface area contributed by atoms with Crippen LogP contribution < -0.4 is 4.90 Å². The van der Waals surface area contributed by atoms with E-state index >= 15 is 0 Å². The van der Waals surface area contributed by atoms with E-state index in [1.807, 2.05) is 12.1 Å². The lowest BCUT2D eigenvalue weighted by molar-refractivity contribution is -0.132. The molecular weight excluding hydrogens is 300 g/mol. The summed E-state index contributed by atoms with van der Waals surface area (Å²) in [6.07, 6.45) is 8.62. The molecule has 1 aromatic heterocycles. The van der Waals surface area contributed by atoms with Crippen LogP contribution in [0.5, 0.6) is 0 Å². The molecule has 0 aromatic carbocycles. The van der Waals surface area contributed by atoms with Gasteiger partial charge in [0.2, 0.25) is 5.91 Å². The molecule has 5 nitrogen and oxygen atoms in total. The molecule has 0 spiro atoms. The summed E-state index contributed by atoms with van der Waals surface area (Å²) in [7, 11) is 0. The van der Waals surface area contributed by atoms with E-state index in [1.165, 1.54) is 12.8 Å². The molecule has 2 aliphatic rings. The molecule has 3 rings (SSSR count). The molecule has 0 saturated carbocycles. The van der Waals surface area contributed by atoms with Crippen LogP contribution in [0.25, 0.3) is 0 Å². The first-order valence-electron chi connectivity index (χ1n) is 9.08. The Morgan fingerprint density at radius 2 is 2.00 bits per heavy atom. The number of hydrogen-bond acceptors (Lipinski definition) is 4. The number of likely N-dealkylation sites (tertiary alicyclic amines) is 1. The highest BCUT2D eigenvalue weighted by molar-refractivity contribution is 5.73. The average molecular weight is 326 g/mol. The van der Waals surface area contributed by atoms with Crippen LogP contribution in [0.4, 0.5) is 5.82 Å². The number of nitrogens with zero attached hydrogens (tertiary/aromatic N) is 4. The van der Waals surface area contributed by atoms with Gasteiger partial charge in [-0.15, -0.1) is 0 Å². The fourth-order valence-electron chi connectivity index (χ4n) is 4.25. The van der Waals surface area contributed by atoms with Gasteiger partial charge in [-0.3, -0.25) is 4.79 Å². The molecule has 2 fully saturated rings. The monoisotopic (exact) mass is 326 g/mol. The minimum absolute atomic E-state index is 0.223. The quantitative estimate of drug-likeness (QED) is 0.838. The topological polar surface area (TPSA) is 60.2 Å². The molecule has 1 atom stereocenters. The van der Waals surface area contributed by atoms with Gasteiger partial charge in [-0.05, 0) is 43.7 Å². The molecule has 5 heteroatoms. The lowest BCUT2D eigenvalue weighted by atomic mass is 9.86. The summed E-state index contributed by atoms with van der Waals surface area (Å²) in [5.41, 5.74) is 0.649. The summed E-state index contributed by atoms with van der Waals surface area (Å²) >= 11 is 0. The van der Waals surface area contributed by atoms with Crippen LogP contribution in [0.2, 0.25) is 0 Å². The first kappa shape index (κ1) is 16.8. The Bertz CT molecular complexity index is 616. The molecule has 0 aliphatic carbocycles. The number of anilines is 1. The summed E-state index contributed by atoms with van der Waals surface area (Å²) in [6, 6.07) is 6.28. The van der Waals surface area contributed by atoms with Gasteiger partial charge in [-0.25, -0.2) is 4.98 Å². The Balaban J connectivity index is 1.68. The normalized spacial score (nSPS) is 22.8. The molecule has 1 aromatic rings. The average Bonchev–Trinajstić information content (AvgIpc) is 2.88. The van der Waals surface area contributed by atoms with Gasteiger partial charge in [0.1, 0.15) is 11.9 Å². The van der Waals surface area contributed by atoms with Gasteiger partial charge >= 0.3 is 0 Å². The third kappa shape index (κ3) is 3.53. The zero-order valence-electron chi connectivity index (χ0n) is 14.4. The molecule has 1 amide bonds. The molecule has 2 aliphatic heterocycles. The Hall–Kier alpha value is -2.09. The number of piperidine rings is 1. The van der Waals surface area contributed by atoms with Gasteiger partial charge in [0.25, 0.3) is 0 Å². The fourth-order valence-corrected chi connectivity index (χ4v) is 4.25. The highest BCUT2D eigenvalue weighted by atomic mass is 16.2. The van der Waals surface area contributed by atoms with Gasteiger partial charge in [0.05, 0.1) is 5.56 Å². The summed E-state index contributed by atoms with van der Waals surface area (Å²) in [6.45, 7) is 4.46. The highest BCUT2D eigenvalue weighted by Gasteiger charge is 2.33. The number of nitriles is 1. The predicted octanol–water partition coefficient (Wildman–Crippen LogP) is 2.96. The maximum Gasteiger partial charge on any atom is 0.219 e. The minimum Gasteiger partial charge on any atom is -0.356 e. The molecule has 3 heterocycles. The third-order valence-corrected chi connectivity index (χ3v) is 5.49. The van der Waals surface area contributed by atoms with Crippen molar-refractivity contribution in [2.24, 2.45) is 5.92 Å². The van der Waals surface area contributed by atoms with E-state index in [2.05, 4.69) is 20.9 Å². The number of pyridine rings is 1. The van der Waals surface area contributed by atoms with Gasteiger partial charge < -0.3 is 9.80 Å².